The molecule has 2 heterocycles. The van der Waals surface area contributed by atoms with Crippen molar-refractivity contribution in [1.82, 2.24) is 15.0 Å². The maximum Gasteiger partial charge on any atom is 0.145 e. The lowest BCUT2D eigenvalue weighted by Gasteiger charge is -2.15. The largest absolute Gasteiger partial charge is 0.492 e. The maximum atomic E-state index is 7.28. The molecule has 4 rings (SSSR count). The van der Waals surface area contributed by atoms with Gasteiger partial charge in [-0.1, -0.05) is 30.7 Å². The van der Waals surface area contributed by atoms with Crippen molar-refractivity contribution in [1.29, 1.82) is 5.41 Å². The van der Waals surface area contributed by atoms with E-state index in [-0.39, 0.29) is 5.92 Å². The Labute approximate surface area is 197 Å². The molecule has 0 amide bonds. The number of rotatable bonds is 10. The van der Waals surface area contributed by atoms with Crippen LogP contribution in [0.5, 0.6) is 11.5 Å². The first-order valence-corrected chi connectivity index (χ1v) is 11.0. The fourth-order valence-electron chi connectivity index (χ4n) is 3.26. The number of pyridine rings is 1. The molecule has 0 saturated heterocycles. The minimum atomic E-state index is 0.233. The van der Waals surface area contributed by atoms with Crippen LogP contribution in [0.1, 0.15) is 19.0 Å². The van der Waals surface area contributed by atoms with E-state index in [1.54, 1.807) is 12.3 Å². The summed E-state index contributed by atoms with van der Waals surface area (Å²) >= 11 is 6.46. The quantitative estimate of drug-likeness (QED) is 0.279. The van der Waals surface area contributed by atoms with Crippen LogP contribution in [0.25, 0.3) is 10.9 Å². The van der Waals surface area contributed by atoms with E-state index in [4.69, 9.17) is 26.5 Å². The van der Waals surface area contributed by atoms with E-state index in [9.17, 15) is 0 Å². The SMILES string of the molecule is C[C@H](CC=N)COc1cccc2ncnc(Nc3ccc(OCc4ccccn4)c(Cl)c3)c12. The fourth-order valence-corrected chi connectivity index (χ4v) is 3.50. The second-order valence-electron chi connectivity index (χ2n) is 7.61. The number of anilines is 2. The second-order valence-corrected chi connectivity index (χ2v) is 8.02. The van der Waals surface area contributed by atoms with Gasteiger partial charge in [-0.3, -0.25) is 4.98 Å². The highest BCUT2D eigenvalue weighted by molar-refractivity contribution is 6.32. The van der Waals surface area contributed by atoms with Gasteiger partial charge in [0.25, 0.3) is 0 Å². The van der Waals surface area contributed by atoms with Gasteiger partial charge in [0.2, 0.25) is 0 Å². The number of fused-ring (bicyclic) bond motifs is 1. The lowest BCUT2D eigenvalue weighted by Crippen LogP contribution is -2.09. The lowest BCUT2D eigenvalue weighted by molar-refractivity contribution is 0.267. The van der Waals surface area contributed by atoms with Gasteiger partial charge < -0.3 is 20.2 Å². The molecule has 0 saturated carbocycles. The highest BCUT2D eigenvalue weighted by atomic mass is 35.5. The molecular formula is C25H24ClN5O2. The van der Waals surface area contributed by atoms with Gasteiger partial charge in [-0.05, 0) is 61.0 Å². The zero-order valence-corrected chi connectivity index (χ0v) is 18.9. The molecular weight excluding hydrogens is 438 g/mol. The van der Waals surface area contributed by atoms with E-state index < -0.39 is 0 Å². The molecule has 1 atom stereocenters. The molecule has 2 aromatic carbocycles. The van der Waals surface area contributed by atoms with Crippen molar-refractivity contribution in [3.63, 3.8) is 0 Å². The highest BCUT2D eigenvalue weighted by Gasteiger charge is 2.13. The zero-order chi connectivity index (χ0) is 23.0. The van der Waals surface area contributed by atoms with Crippen LogP contribution in [-0.2, 0) is 6.61 Å². The van der Waals surface area contributed by atoms with Crippen molar-refractivity contribution in [2.45, 2.75) is 20.0 Å². The number of benzene rings is 2. The normalized spacial score (nSPS) is 11.7. The molecule has 0 fully saturated rings. The molecule has 2 aromatic heterocycles. The first-order valence-electron chi connectivity index (χ1n) is 10.6. The van der Waals surface area contributed by atoms with E-state index in [0.717, 1.165) is 22.3 Å². The van der Waals surface area contributed by atoms with E-state index >= 15 is 0 Å². The summed E-state index contributed by atoms with van der Waals surface area (Å²) in [4.78, 5) is 13.1. The van der Waals surface area contributed by atoms with Gasteiger partial charge in [0.05, 0.1) is 28.2 Å². The van der Waals surface area contributed by atoms with Crippen LogP contribution in [0.3, 0.4) is 0 Å². The molecule has 0 spiro atoms. The summed E-state index contributed by atoms with van der Waals surface area (Å²) in [7, 11) is 0. The fraction of sp³-hybridized carbons (Fsp3) is 0.200. The first kappa shape index (κ1) is 22.5. The Morgan fingerprint density at radius 3 is 2.73 bits per heavy atom. The van der Waals surface area contributed by atoms with Crippen LogP contribution in [0, 0.1) is 11.3 Å². The average Bonchev–Trinajstić information content (AvgIpc) is 2.83. The summed E-state index contributed by atoms with van der Waals surface area (Å²) < 4.78 is 11.9. The molecule has 0 radical (unpaired) electrons. The molecule has 0 bridgehead atoms. The molecule has 2 N–H and O–H groups in total. The minimum absolute atomic E-state index is 0.233. The summed E-state index contributed by atoms with van der Waals surface area (Å²) in [5, 5.41) is 11.9. The van der Waals surface area contributed by atoms with Gasteiger partial charge in [-0.15, -0.1) is 0 Å². The number of hydrogen-bond acceptors (Lipinski definition) is 7. The van der Waals surface area contributed by atoms with Gasteiger partial charge in [0.15, 0.2) is 0 Å². The highest BCUT2D eigenvalue weighted by Crippen LogP contribution is 2.34. The van der Waals surface area contributed by atoms with Crippen LogP contribution in [0.2, 0.25) is 5.02 Å². The molecule has 0 unspecified atom stereocenters. The lowest BCUT2D eigenvalue weighted by atomic mass is 10.1. The number of aromatic nitrogens is 3. The molecule has 168 valence electrons. The summed E-state index contributed by atoms with van der Waals surface area (Å²) in [6.45, 7) is 2.88. The Morgan fingerprint density at radius 2 is 1.94 bits per heavy atom. The van der Waals surface area contributed by atoms with Gasteiger partial charge in [-0.25, -0.2) is 9.97 Å². The summed E-state index contributed by atoms with van der Waals surface area (Å²) in [6, 6.07) is 16.9. The Bertz CT molecular complexity index is 1230. The number of nitrogens with one attached hydrogen (secondary N) is 2. The van der Waals surface area contributed by atoms with Crippen LogP contribution in [0.4, 0.5) is 11.5 Å². The topological polar surface area (TPSA) is 93.0 Å². The predicted octanol–water partition coefficient (Wildman–Crippen LogP) is 6.06. The van der Waals surface area contributed by atoms with Crippen molar-refractivity contribution in [3.8, 4) is 11.5 Å². The van der Waals surface area contributed by atoms with E-state index in [1.165, 1.54) is 12.5 Å². The second kappa shape index (κ2) is 10.7. The van der Waals surface area contributed by atoms with Crippen molar-refractivity contribution in [2.75, 3.05) is 11.9 Å². The molecule has 33 heavy (non-hydrogen) atoms. The van der Waals surface area contributed by atoms with E-state index in [0.29, 0.717) is 42.0 Å². The van der Waals surface area contributed by atoms with Crippen LogP contribution in [-0.4, -0.2) is 27.8 Å². The molecule has 4 aromatic rings. The summed E-state index contributed by atoms with van der Waals surface area (Å²) in [6.07, 6.45) is 5.31. The first-order chi connectivity index (χ1) is 16.1. The monoisotopic (exact) mass is 461 g/mol. The number of halogens is 1. The smallest absolute Gasteiger partial charge is 0.145 e. The minimum Gasteiger partial charge on any atom is -0.492 e. The summed E-state index contributed by atoms with van der Waals surface area (Å²) in [5.41, 5.74) is 2.36. The van der Waals surface area contributed by atoms with Crippen molar-refractivity contribution < 1.29 is 9.47 Å². The predicted molar refractivity (Wildman–Crippen MR) is 131 cm³/mol. The number of hydrogen-bond donors (Lipinski definition) is 2. The van der Waals surface area contributed by atoms with Gasteiger partial charge in [-0.2, -0.15) is 0 Å². The van der Waals surface area contributed by atoms with Crippen molar-refractivity contribution in [2.24, 2.45) is 5.92 Å². The molecule has 8 heteroatoms. The maximum absolute atomic E-state index is 7.28. The standard InChI is InChI=1S/C25H24ClN5O2/c1-17(10-11-27)14-32-23-7-4-6-21-24(23)25(30-16-29-21)31-18-8-9-22(20(26)13-18)33-15-19-5-2-3-12-28-19/h2-9,11-13,16-17,27H,10,14-15H2,1H3,(H,29,30,31)/t17-/m1/s1. The number of nitrogens with zero attached hydrogens (tertiary/aromatic N) is 3. The molecule has 0 aliphatic heterocycles. The van der Waals surface area contributed by atoms with Crippen LogP contribution < -0.4 is 14.8 Å². The summed E-state index contributed by atoms with van der Waals surface area (Å²) in [5.74, 6) is 2.11. The average molecular weight is 462 g/mol. The Morgan fingerprint density at radius 1 is 1.03 bits per heavy atom. The van der Waals surface area contributed by atoms with Gasteiger partial charge >= 0.3 is 0 Å². The van der Waals surface area contributed by atoms with E-state index in [2.05, 4.69) is 20.3 Å². The van der Waals surface area contributed by atoms with Gasteiger partial charge in [0.1, 0.15) is 30.3 Å². The molecule has 0 aliphatic carbocycles. The Balaban J connectivity index is 1.53. The third kappa shape index (κ3) is 5.75. The number of ether oxygens (including phenoxy) is 2. The van der Waals surface area contributed by atoms with Gasteiger partial charge in [0, 0.05) is 11.9 Å². The molecule has 7 nitrogen and oxygen atoms in total. The van der Waals surface area contributed by atoms with E-state index in [1.807, 2.05) is 55.5 Å². The third-order valence-electron chi connectivity index (χ3n) is 4.96. The van der Waals surface area contributed by atoms with Crippen LogP contribution in [0.15, 0.2) is 67.1 Å². The zero-order valence-electron chi connectivity index (χ0n) is 18.2. The third-order valence-corrected chi connectivity index (χ3v) is 5.26. The molecule has 0 aliphatic rings. The van der Waals surface area contributed by atoms with Crippen molar-refractivity contribution in [3.05, 3.63) is 77.8 Å². The Hall–Kier alpha value is -3.71. The Kier molecular flexibility index (Phi) is 7.32. The van der Waals surface area contributed by atoms with Crippen LogP contribution >= 0.6 is 11.6 Å². The van der Waals surface area contributed by atoms with Crippen molar-refractivity contribution >= 4 is 40.2 Å².